The maximum absolute atomic E-state index is 12.3. The molecule has 7 heteroatoms. The van der Waals surface area contributed by atoms with Crippen molar-refractivity contribution in [1.82, 2.24) is 4.57 Å². The molecule has 3 N–H and O–H groups in total. The zero-order valence-corrected chi connectivity index (χ0v) is 12.9. The molecule has 1 aromatic heterocycles. The van der Waals surface area contributed by atoms with Gasteiger partial charge in [-0.3, -0.25) is 4.79 Å². The molecular formula is C14H14BrN3O3. The molecule has 0 unspecified atom stereocenters. The Morgan fingerprint density at radius 1 is 1.48 bits per heavy atom. The number of hydrogen-bond acceptors (Lipinski definition) is 4. The summed E-state index contributed by atoms with van der Waals surface area (Å²) < 4.78 is 7.52. The quantitative estimate of drug-likeness (QED) is 0.380. The van der Waals surface area contributed by atoms with Crippen molar-refractivity contribution in [1.29, 1.82) is 0 Å². The van der Waals surface area contributed by atoms with Gasteiger partial charge in [0.15, 0.2) is 5.84 Å². The van der Waals surface area contributed by atoms with Gasteiger partial charge in [0.05, 0.1) is 19.2 Å². The molecule has 0 aliphatic heterocycles. The van der Waals surface area contributed by atoms with Crippen LogP contribution in [0.15, 0.2) is 51.0 Å². The maximum Gasteiger partial charge on any atom is 0.261 e. The number of halogens is 1. The molecular weight excluding hydrogens is 338 g/mol. The third-order valence-corrected chi connectivity index (χ3v) is 3.77. The number of rotatable bonds is 4. The second-order valence-corrected chi connectivity index (χ2v) is 5.15. The molecule has 0 saturated heterocycles. The minimum Gasteiger partial charge on any atom is -0.497 e. The van der Waals surface area contributed by atoms with Crippen molar-refractivity contribution in [2.45, 2.75) is 6.54 Å². The number of nitrogens with two attached hydrogens (primary N) is 1. The molecule has 0 spiro atoms. The van der Waals surface area contributed by atoms with E-state index in [1.54, 1.807) is 19.4 Å². The van der Waals surface area contributed by atoms with Crippen molar-refractivity contribution < 1.29 is 9.94 Å². The lowest BCUT2D eigenvalue weighted by molar-refractivity contribution is 0.318. The molecule has 0 atom stereocenters. The molecule has 21 heavy (non-hydrogen) atoms. The van der Waals surface area contributed by atoms with Gasteiger partial charge in [-0.25, -0.2) is 0 Å². The Labute approximate surface area is 129 Å². The topological polar surface area (TPSA) is 89.8 Å². The molecule has 0 bridgehead atoms. The van der Waals surface area contributed by atoms with Crippen molar-refractivity contribution in [2.24, 2.45) is 10.9 Å². The van der Waals surface area contributed by atoms with E-state index >= 15 is 0 Å². The van der Waals surface area contributed by atoms with Crippen molar-refractivity contribution in [3.8, 4) is 5.75 Å². The summed E-state index contributed by atoms with van der Waals surface area (Å²) in [6.07, 6.45) is 1.64. The number of oxime groups is 1. The van der Waals surface area contributed by atoms with Crippen molar-refractivity contribution in [3.63, 3.8) is 0 Å². The van der Waals surface area contributed by atoms with Gasteiger partial charge in [0.1, 0.15) is 5.75 Å². The third kappa shape index (κ3) is 3.25. The van der Waals surface area contributed by atoms with Crippen LogP contribution in [0.2, 0.25) is 0 Å². The van der Waals surface area contributed by atoms with Crippen LogP contribution in [-0.4, -0.2) is 22.7 Å². The highest BCUT2D eigenvalue weighted by Gasteiger charge is 2.09. The first-order valence-corrected chi connectivity index (χ1v) is 6.86. The second-order valence-electron chi connectivity index (χ2n) is 4.30. The summed E-state index contributed by atoms with van der Waals surface area (Å²) in [5, 5.41) is 11.6. The number of ether oxygens (including phenoxy) is 1. The van der Waals surface area contributed by atoms with Crippen LogP contribution in [0.25, 0.3) is 0 Å². The summed E-state index contributed by atoms with van der Waals surface area (Å²) >= 11 is 3.44. The fraction of sp³-hybridized carbons (Fsp3) is 0.143. The molecule has 0 aliphatic carbocycles. The predicted molar refractivity (Wildman–Crippen MR) is 83.0 cm³/mol. The van der Waals surface area contributed by atoms with E-state index in [1.807, 2.05) is 18.2 Å². The standard InChI is InChI=1S/C14H14BrN3O3/c1-21-10-4-5-12(15)9(7-10)8-18-6-2-3-11(14(18)19)13(16)17-20/h2-7,20H,8H2,1H3,(H2,16,17). The highest BCUT2D eigenvalue weighted by molar-refractivity contribution is 9.10. The molecule has 0 aliphatic rings. The summed E-state index contributed by atoms with van der Waals surface area (Å²) in [5.74, 6) is 0.493. The van der Waals surface area contributed by atoms with E-state index < -0.39 is 0 Å². The monoisotopic (exact) mass is 351 g/mol. The third-order valence-electron chi connectivity index (χ3n) is 3.00. The van der Waals surface area contributed by atoms with Gasteiger partial charge in [-0.05, 0) is 35.9 Å². The first kappa shape index (κ1) is 15.1. The van der Waals surface area contributed by atoms with Crippen LogP contribution in [0.5, 0.6) is 5.75 Å². The molecule has 1 aromatic carbocycles. The Morgan fingerprint density at radius 2 is 2.24 bits per heavy atom. The first-order valence-electron chi connectivity index (χ1n) is 6.06. The normalized spacial score (nSPS) is 11.4. The summed E-state index contributed by atoms with van der Waals surface area (Å²) in [4.78, 5) is 12.3. The van der Waals surface area contributed by atoms with Crippen LogP contribution in [0, 0.1) is 0 Å². The number of nitrogens with zero attached hydrogens (tertiary/aromatic N) is 2. The molecule has 110 valence electrons. The lowest BCUT2D eigenvalue weighted by Crippen LogP contribution is -2.30. The Bertz CT molecular complexity index is 740. The van der Waals surface area contributed by atoms with E-state index in [4.69, 9.17) is 15.7 Å². The summed E-state index contributed by atoms with van der Waals surface area (Å²) in [6.45, 7) is 0.336. The van der Waals surface area contributed by atoms with Crippen LogP contribution in [-0.2, 0) is 6.54 Å². The van der Waals surface area contributed by atoms with Gasteiger partial charge in [0, 0.05) is 10.7 Å². The Hall–Kier alpha value is -2.28. The number of pyridine rings is 1. The Kier molecular flexibility index (Phi) is 4.64. The molecule has 0 fully saturated rings. The highest BCUT2D eigenvalue weighted by Crippen LogP contribution is 2.22. The number of aromatic nitrogens is 1. The lowest BCUT2D eigenvalue weighted by Gasteiger charge is -2.10. The van der Waals surface area contributed by atoms with Crippen LogP contribution in [0.3, 0.4) is 0 Å². The van der Waals surface area contributed by atoms with Crippen molar-refractivity contribution >= 4 is 21.8 Å². The highest BCUT2D eigenvalue weighted by atomic mass is 79.9. The van der Waals surface area contributed by atoms with Gasteiger partial charge in [0.25, 0.3) is 5.56 Å². The average Bonchev–Trinajstić information content (AvgIpc) is 2.50. The van der Waals surface area contributed by atoms with E-state index in [0.29, 0.717) is 12.3 Å². The molecule has 2 rings (SSSR count). The van der Waals surface area contributed by atoms with Gasteiger partial charge < -0.3 is 20.2 Å². The SMILES string of the molecule is COc1ccc(Br)c(Cn2cccc(/C(N)=N/O)c2=O)c1. The number of amidine groups is 1. The van der Waals surface area contributed by atoms with Gasteiger partial charge in [0.2, 0.25) is 0 Å². The lowest BCUT2D eigenvalue weighted by atomic mass is 10.2. The van der Waals surface area contributed by atoms with Crippen LogP contribution in [0.1, 0.15) is 11.1 Å². The van der Waals surface area contributed by atoms with E-state index in [2.05, 4.69) is 21.1 Å². The minimum atomic E-state index is -0.331. The zero-order chi connectivity index (χ0) is 15.4. The average molecular weight is 352 g/mol. The van der Waals surface area contributed by atoms with Crippen molar-refractivity contribution in [3.05, 3.63) is 62.5 Å². The smallest absolute Gasteiger partial charge is 0.261 e. The largest absolute Gasteiger partial charge is 0.497 e. The summed E-state index contributed by atoms with van der Waals surface area (Å²) in [5.41, 5.74) is 6.19. The number of benzene rings is 1. The maximum atomic E-state index is 12.3. The Balaban J connectivity index is 2.43. The van der Waals surface area contributed by atoms with E-state index in [9.17, 15) is 4.79 Å². The van der Waals surface area contributed by atoms with Gasteiger partial charge >= 0.3 is 0 Å². The van der Waals surface area contributed by atoms with Crippen LogP contribution in [0.4, 0.5) is 0 Å². The predicted octanol–water partition coefficient (Wildman–Crippen LogP) is 1.76. The molecule has 0 radical (unpaired) electrons. The van der Waals surface area contributed by atoms with Crippen LogP contribution >= 0.6 is 15.9 Å². The second kappa shape index (κ2) is 6.45. The molecule has 0 saturated carbocycles. The van der Waals surface area contributed by atoms with Gasteiger partial charge in [-0.1, -0.05) is 21.1 Å². The number of hydrogen-bond donors (Lipinski definition) is 2. The molecule has 6 nitrogen and oxygen atoms in total. The minimum absolute atomic E-state index is 0.152. The fourth-order valence-electron chi connectivity index (χ4n) is 1.89. The number of methoxy groups -OCH3 is 1. The van der Waals surface area contributed by atoms with Gasteiger partial charge in [-0.2, -0.15) is 0 Å². The van der Waals surface area contributed by atoms with Crippen molar-refractivity contribution in [2.75, 3.05) is 7.11 Å². The molecule has 0 amide bonds. The van der Waals surface area contributed by atoms with E-state index in [0.717, 1.165) is 10.0 Å². The summed E-state index contributed by atoms with van der Waals surface area (Å²) in [6, 6.07) is 8.69. The zero-order valence-electron chi connectivity index (χ0n) is 11.3. The fourth-order valence-corrected chi connectivity index (χ4v) is 2.26. The molecule has 2 aromatic rings. The first-order chi connectivity index (χ1) is 10.1. The Morgan fingerprint density at radius 3 is 2.90 bits per heavy atom. The van der Waals surface area contributed by atoms with Gasteiger partial charge in [-0.15, -0.1) is 0 Å². The van der Waals surface area contributed by atoms with E-state index in [-0.39, 0.29) is 17.0 Å². The molecule has 1 heterocycles. The van der Waals surface area contributed by atoms with Crippen LogP contribution < -0.4 is 16.0 Å². The summed E-state index contributed by atoms with van der Waals surface area (Å²) in [7, 11) is 1.58. The van der Waals surface area contributed by atoms with E-state index in [1.165, 1.54) is 10.6 Å².